The van der Waals surface area contributed by atoms with Gasteiger partial charge in [0, 0.05) is 4.47 Å². The third-order valence-corrected chi connectivity index (χ3v) is 4.95. The number of benzene rings is 2. The maximum atomic E-state index is 12.7. The minimum absolute atomic E-state index is 0.118. The molecular formula is C19H17BrIN3O2. The van der Waals surface area contributed by atoms with Crippen molar-refractivity contribution >= 4 is 55.6 Å². The van der Waals surface area contributed by atoms with Crippen LogP contribution in [-0.4, -0.2) is 22.0 Å². The van der Waals surface area contributed by atoms with Crippen molar-refractivity contribution < 1.29 is 4.74 Å². The Morgan fingerprint density at radius 3 is 2.73 bits per heavy atom. The van der Waals surface area contributed by atoms with E-state index >= 15 is 0 Å². The SMILES string of the molecule is Cc1nc2ccc(Br)cc2c(=O)n1N=Cc1ccc(OC(C)C)c(I)c1. The third-order valence-electron chi connectivity index (χ3n) is 3.61. The first-order chi connectivity index (χ1) is 12.3. The molecule has 0 saturated heterocycles. The van der Waals surface area contributed by atoms with E-state index in [2.05, 4.69) is 48.6 Å². The molecule has 0 fully saturated rings. The maximum Gasteiger partial charge on any atom is 0.282 e. The fourth-order valence-electron chi connectivity index (χ4n) is 2.47. The Hall–Kier alpha value is -1.74. The Labute approximate surface area is 173 Å². The molecule has 0 radical (unpaired) electrons. The second-order valence-corrected chi connectivity index (χ2v) is 8.12. The van der Waals surface area contributed by atoms with E-state index in [0.717, 1.165) is 19.4 Å². The molecule has 0 aliphatic heterocycles. The monoisotopic (exact) mass is 525 g/mol. The van der Waals surface area contributed by atoms with E-state index in [1.54, 1.807) is 19.2 Å². The molecule has 0 aliphatic carbocycles. The molecule has 1 heterocycles. The summed E-state index contributed by atoms with van der Waals surface area (Å²) in [5, 5.41) is 4.87. The van der Waals surface area contributed by atoms with E-state index in [-0.39, 0.29) is 11.7 Å². The summed E-state index contributed by atoms with van der Waals surface area (Å²) in [6.45, 7) is 5.75. The van der Waals surface area contributed by atoms with Crippen molar-refractivity contribution in [1.82, 2.24) is 9.66 Å². The molecular weight excluding hydrogens is 509 g/mol. The molecule has 0 atom stereocenters. The molecule has 1 aromatic heterocycles. The Morgan fingerprint density at radius 1 is 1.27 bits per heavy atom. The molecule has 0 N–H and O–H groups in total. The number of ether oxygens (including phenoxy) is 1. The van der Waals surface area contributed by atoms with Gasteiger partial charge in [0.15, 0.2) is 0 Å². The largest absolute Gasteiger partial charge is 0.490 e. The van der Waals surface area contributed by atoms with Gasteiger partial charge in [-0.05, 0) is 85.3 Å². The lowest BCUT2D eigenvalue weighted by molar-refractivity contribution is 0.240. The van der Waals surface area contributed by atoms with Gasteiger partial charge < -0.3 is 4.74 Å². The Morgan fingerprint density at radius 2 is 2.04 bits per heavy atom. The van der Waals surface area contributed by atoms with Crippen molar-refractivity contribution in [2.24, 2.45) is 5.10 Å². The molecule has 0 unspecified atom stereocenters. The van der Waals surface area contributed by atoms with Crippen LogP contribution in [-0.2, 0) is 0 Å². The topological polar surface area (TPSA) is 56.5 Å². The van der Waals surface area contributed by atoms with Gasteiger partial charge in [0.05, 0.1) is 26.8 Å². The predicted octanol–water partition coefficient (Wildman–Crippen LogP) is 4.74. The molecule has 0 amide bonds. The quantitative estimate of drug-likeness (QED) is 0.365. The van der Waals surface area contributed by atoms with Crippen LogP contribution in [0.4, 0.5) is 0 Å². The summed E-state index contributed by atoms with van der Waals surface area (Å²) in [5.41, 5.74) is 1.34. The van der Waals surface area contributed by atoms with Crippen LogP contribution in [0.15, 0.2) is 50.8 Å². The summed E-state index contributed by atoms with van der Waals surface area (Å²) >= 11 is 5.62. The molecule has 7 heteroatoms. The fourth-order valence-corrected chi connectivity index (χ4v) is 3.49. The van der Waals surface area contributed by atoms with Crippen LogP contribution >= 0.6 is 38.5 Å². The van der Waals surface area contributed by atoms with E-state index in [1.165, 1.54) is 4.68 Å². The summed E-state index contributed by atoms with van der Waals surface area (Å²) in [6, 6.07) is 11.2. The molecule has 2 aromatic carbocycles. The van der Waals surface area contributed by atoms with Gasteiger partial charge in [-0.3, -0.25) is 4.79 Å². The molecule has 5 nitrogen and oxygen atoms in total. The predicted molar refractivity (Wildman–Crippen MR) is 116 cm³/mol. The van der Waals surface area contributed by atoms with Gasteiger partial charge in [-0.15, -0.1) is 0 Å². The minimum Gasteiger partial charge on any atom is -0.490 e. The van der Waals surface area contributed by atoms with E-state index in [1.807, 2.05) is 44.2 Å². The second kappa shape index (κ2) is 7.87. The Bertz CT molecular complexity index is 1060. The number of rotatable bonds is 4. The standard InChI is InChI=1S/C19H17BrIN3O2/c1-11(2)26-18-7-4-13(8-16(18)21)10-22-24-12(3)23-17-6-5-14(20)9-15(17)19(24)25/h4-11H,1-3H3. The van der Waals surface area contributed by atoms with Gasteiger partial charge in [0.25, 0.3) is 5.56 Å². The van der Waals surface area contributed by atoms with Crippen LogP contribution in [0.1, 0.15) is 25.2 Å². The van der Waals surface area contributed by atoms with Crippen molar-refractivity contribution in [2.45, 2.75) is 26.9 Å². The Balaban J connectivity index is 1.98. The van der Waals surface area contributed by atoms with Gasteiger partial charge in [0.2, 0.25) is 0 Å². The molecule has 0 bridgehead atoms. The van der Waals surface area contributed by atoms with Gasteiger partial charge in [-0.25, -0.2) is 4.98 Å². The van der Waals surface area contributed by atoms with Gasteiger partial charge >= 0.3 is 0 Å². The zero-order valence-electron chi connectivity index (χ0n) is 14.5. The smallest absolute Gasteiger partial charge is 0.282 e. The molecule has 0 saturated carbocycles. The van der Waals surface area contributed by atoms with Crippen molar-refractivity contribution in [1.29, 1.82) is 0 Å². The number of hydrogen-bond acceptors (Lipinski definition) is 4. The highest BCUT2D eigenvalue weighted by Gasteiger charge is 2.08. The lowest BCUT2D eigenvalue weighted by Crippen LogP contribution is -2.20. The van der Waals surface area contributed by atoms with E-state index in [4.69, 9.17) is 4.74 Å². The van der Waals surface area contributed by atoms with Crippen molar-refractivity contribution in [3.8, 4) is 5.75 Å². The number of hydrogen-bond donors (Lipinski definition) is 0. The zero-order chi connectivity index (χ0) is 18.8. The van der Waals surface area contributed by atoms with E-state index < -0.39 is 0 Å². The normalized spacial score (nSPS) is 11.6. The summed E-state index contributed by atoms with van der Waals surface area (Å²) in [7, 11) is 0. The number of halogens is 2. The summed E-state index contributed by atoms with van der Waals surface area (Å²) in [4.78, 5) is 17.2. The first-order valence-electron chi connectivity index (χ1n) is 8.04. The van der Waals surface area contributed by atoms with Crippen LogP contribution in [0, 0.1) is 10.5 Å². The van der Waals surface area contributed by atoms with Crippen LogP contribution in [0.5, 0.6) is 5.75 Å². The number of aromatic nitrogens is 2. The fraction of sp³-hybridized carbons (Fsp3) is 0.211. The number of aryl methyl sites for hydroxylation is 1. The number of fused-ring (bicyclic) bond motifs is 1. The Kier molecular flexibility index (Phi) is 5.76. The minimum atomic E-state index is -0.195. The highest BCUT2D eigenvalue weighted by atomic mass is 127. The molecule has 3 rings (SSSR count). The maximum absolute atomic E-state index is 12.7. The average Bonchev–Trinajstić information content (AvgIpc) is 2.57. The van der Waals surface area contributed by atoms with E-state index in [9.17, 15) is 4.79 Å². The highest BCUT2D eigenvalue weighted by molar-refractivity contribution is 14.1. The van der Waals surface area contributed by atoms with Crippen LogP contribution < -0.4 is 10.3 Å². The summed E-state index contributed by atoms with van der Waals surface area (Å²) < 4.78 is 8.88. The lowest BCUT2D eigenvalue weighted by Gasteiger charge is -2.11. The second-order valence-electron chi connectivity index (χ2n) is 6.04. The first kappa shape index (κ1) is 19.0. The van der Waals surface area contributed by atoms with Gasteiger partial charge in [-0.2, -0.15) is 9.78 Å². The van der Waals surface area contributed by atoms with Crippen molar-refractivity contribution in [3.05, 3.63) is 66.2 Å². The van der Waals surface area contributed by atoms with Crippen molar-refractivity contribution in [3.63, 3.8) is 0 Å². The van der Waals surface area contributed by atoms with Crippen LogP contribution in [0.25, 0.3) is 10.9 Å². The van der Waals surface area contributed by atoms with Gasteiger partial charge in [-0.1, -0.05) is 15.9 Å². The number of nitrogens with zero attached hydrogens (tertiary/aromatic N) is 3. The highest BCUT2D eigenvalue weighted by Crippen LogP contribution is 2.22. The zero-order valence-corrected chi connectivity index (χ0v) is 18.3. The van der Waals surface area contributed by atoms with Crippen molar-refractivity contribution in [2.75, 3.05) is 0 Å². The average molecular weight is 526 g/mol. The summed E-state index contributed by atoms with van der Waals surface area (Å²) in [5.74, 6) is 1.37. The lowest BCUT2D eigenvalue weighted by atomic mass is 10.2. The molecule has 3 aromatic rings. The van der Waals surface area contributed by atoms with Crippen LogP contribution in [0.2, 0.25) is 0 Å². The molecule has 0 spiro atoms. The molecule has 0 aliphatic rings. The molecule has 26 heavy (non-hydrogen) atoms. The van der Waals surface area contributed by atoms with Gasteiger partial charge in [0.1, 0.15) is 11.6 Å². The van der Waals surface area contributed by atoms with Crippen LogP contribution in [0.3, 0.4) is 0 Å². The third kappa shape index (κ3) is 4.15. The molecule has 134 valence electrons. The first-order valence-corrected chi connectivity index (χ1v) is 9.92. The summed E-state index contributed by atoms with van der Waals surface area (Å²) in [6.07, 6.45) is 1.77. The van der Waals surface area contributed by atoms with E-state index in [0.29, 0.717) is 16.7 Å².